The van der Waals surface area contributed by atoms with Gasteiger partial charge in [0.25, 0.3) is 0 Å². The number of methoxy groups -OCH3 is 1. The fourth-order valence-electron chi connectivity index (χ4n) is 3.48. The maximum absolute atomic E-state index is 12.7. The van der Waals surface area contributed by atoms with Crippen LogP contribution >= 0.6 is 0 Å². The van der Waals surface area contributed by atoms with Gasteiger partial charge in [0.2, 0.25) is 0 Å². The number of nitrogens with one attached hydrogen (secondary N) is 2. The van der Waals surface area contributed by atoms with Crippen LogP contribution in [0.5, 0.6) is 5.75 Å². The van der Waals surface area contributed by atoms with Crippen LogP contribution in [0.4, 0.5) is 11.4 Å². The topological polar surface area (TPSA) is 50.4 Å². The number of carbonyl (C=O) groups excluding carboxylic acids is 1. The maximum Gasteiger partial charge on any atom is 0.163 e. The standard InChI is InChI=1S/C20H20N2O2/c1-24-14-11-9-13(10-12-14)20-19-17(7-4-8-18(19)23)21-15-5-2-3-6-16(15)22-20/h2-3,5-6,9-12,20-22H,4,7-8H2,1H3/t20-/m0/s1. The van der Waals surface area contributed by atoms with Crippen LogP contribution in [-0.2, 0) is 4.79 Å². The molecule has 0 unspecified atom stereocenters. The minimum absolute atomic E-state index is 0.144. The van der Waals surface area contributed by atoms with E-state index in [1.165, 1.54) is 0 Å². The summed E-state index contributed by atoms with van der Waals surface area (Å²) in [7, 11) is 1.66. The third-order valence-corrected chi connectivity index (χ3v) is 4.71. The number of hydrogen-bond donors (Lipinski definition) is 2. The fraction of sp³-hybridized carbons (Fsp3) is 0.250. The SMILES string of the molecule is COc1ccc([C@@H]2Nc3ccccc3NC3=C2C(=O)CCC3)cc1. The monoisotopic (exact) mass is 320 g/mol. The van der Waals surface area contributed by atoms with E-state index < -0.39 is 0 Å². The van der Waals surface area contributed by atoms with E-state index in [0.29, 0.717) is 6.42 Å². The van der Waals surface area contributed by atoms with E-state index in [1.807, 2.05) is 48.5 Å². The molecule has 0 saturated carbocycles. The summed E-state index contributed by atoms with van der Waals surface area (Å²) in [5.41, 5.74) is 5.01. The molecule has 2 N–H and O–H groups in total. The van der Waals surface area contributed by atoms with E-state index in [9.17, 15) is 4.79 Å². The van der Waals surface area contributed by atoms with Crippen molar-refractivity contribution in [2.45, 2.75) is 25.3 Å². The number of fused-ring (bicyclic) bond motifs is 1. The Bertz CT molecular complexity index is 809. The van der Waals surface area contributed by atoms with Gasteiger partial charge < -0.3 is 15.4 Å². The zero-order chi connectivity index (χ0) is 16.5. The molecular formula is C20H20N2O2. The number of carbonyl (C=O) groups is 1. The van der Waals surface area contributed by atoms with E-state index in [2.05, 4.69) is 10.6 Å². The van der Waals surface area contributed by atoms with Crippen molar-refractivity contribution >= 4 is 17.2 Å². The zero-order valence-corrected chi connectivity index (χ0v) is 13.6. The molecule has 4 rings (SSSR count). The molecule has 2 aromatic carbocycles. The molecule has 1 aliphatic carbocycles. The van der Waals surface area contributed by atoms with Gasteiger partial charge in [-0.2, -0.15) is 0 Å². The quantitative estimate of drug-likeness (QED) is 0.867. The van der Waals surface area contributed by atoms with Gasteiger partial charge in [0.1, 0.15) is 5.75 Å². The zero-order valence-electron chi connectivity index (χ0n) is 13.6. The summed E-state index contributed by atoms with van der Waals surface area (Å²) in [5, 5.41) is 7.05. The molecule has 0 spiro atoms. The Kier molecular flexibility index (Phi) is 3.73. The maximum atomic E-state index is 12.7. The Morgan fingerprint density at radius 3 is 2.50 bits per heavy atom. The van der Waals surface area contributed by atoms with Crippen LogP contribution in [0.2, 0.25) is 0 Å². The largest absolute Gasteiger partial charge is 0.497 e. The molecular weight excluding hydrogens is 300 g/mol. The number of hydrogen-bond acceptors (Lipinski definition) is 4. The number of ketones is 1. The van der Waals surface area contributed by atoms with Crippen molar-refractivity contribution < 1.29 is 9.53 Å². The van der Waals surface area contributed by atoms with E-state index in [0.717, 1.165) is 46.8 Å². The van der Waals surface area contributed by atoms with Gasteiger partial charge >= 0.3 is 0 Å². The molecule has 0 amide bonds. The van der Waals surface area contributed by atoms with Crippen LogP contribution in [0.3, 0.4) is 0 Å². The minimum Gasteiger partial charge on any atom is -0.497 e. The molecule has 1 aliphatic heterocycles. The van der Waals surface area contributed by atoms with Gasteiger partial charge in [-0.25, -0.2) is 0 Å². The van der Waals surface area contributed by atoms with Crippen molar-refractivity contribution in [3.05, 3.63) is 65.4 Å². The summed E-state index contributed by atoms with van der Waals surface area (Å²) >= 11 is 0. The van der Waals surface area contributed by atoms with Crippen LogP contribution in [0, 0.1) is 0 Å². The van der Waals surface area contributed by atoms with E-state index >= 15 is 0 Å². The minimum atomic E-state index is -0.144. The van der Waals surface area contributed by atoms with E-state index in [-0.39, 0.29) is 11.8 Å². The Labute approximate surface area is 141 Å². The van der Waals surface area contributed by atoms with Gasteiger partial charge in [-0.05, 0) is 42.7 Å². The van der Waals surface area contributed by atoms with Crippen molar-refractivity contribution in [2.24, 2.45) is 0 Å². The summed E-state index contributed by atoms with van der Waals surface area (Å²) in [6.45, 7) is 0. The number of anilines is 2. The Hall–Kier alpha value is -2.75. The second kappa shape index (κ2) is 6.04. The van der Waals surface area contributed by atoms with Gasteiger partial charge in [-0.1, -0.05) is 24.3 Å². The second-order valence-electron chi connectivity index (χ2n) is 6.19. The first-order valence-electron chi connectivity index (χ1n) is 8.29. The van der Waals surface area contributed by atoms with Gasteiger partial charge in [0.15, 0.2) is 5.78 Å². The van der Waals surface area contributed by atoms with Crippen LogP contribution < -0.4 is 15.4 Å². The summed E-state index contributed by atoms with van der Waals surface area (Å²) in [6.07, 6.45) is 2.43. The summed E-state index contributed by atoms with van der Waals surface area (Å²) in [5.74, 6) is 1.04. The number of ether oxygens (including phenoxy) is 1. The lowest BCUT2D eigenvalue weighted by Gasteiger charge is -2.25. The summed E-state index contributed by atoms with van der Waals surface area (Å²) in [4.78, 5) is 12.7. The molecule has 24 heavy (non-hydrogen) atoms. The molecule has 4 heteroatoms. The van der Waals surface area contributed by atoms with E-state index in [4.69, 9.17) is 4.74 Å². The van der Waals surface area contributed by atoms with Crippen LogP contribution in [-0.4, -0.2) is 12.9 Å². The van der Waals surface area contributed by atoms with E-state index in [1.54, 1.807) is 7.11 Å². The highest BCUT2D eigenvalue weighted by Gasteiger charge is 2.31. The molecule has 0 bridgehead atoms. The molecule has 0 fully saturated rings. The highest BCUT2D eigenvalue weighted by Crippen LogP contribution is 2.40. The molecule has 4 nitrogen and oxygen atoms in total. The molecule has 0 aromatic heterocycles. The molecule has 1 heterocycles. The number of rotatable bonds is 2. The Balaban J connectivity index is 1.83. The molecule has 122 valence electrons. The molecule has 1 atom stereocenters. The van der Waals surface area contributed by atoms with Crippen molar-refractivity contribution in [1.29, 1.82) is 0 Å². The van der Waals surface area contributed by atoms with Crippen LogP contribution in [0.1, 0.15) is 30.9 Å². The number of para-hydroxylation sites is 2. The third-order valence-electron chi connectivity index (χ3n) is 4.71. The lowest BCUT2D eigenvalue weighted by Crippen LogP contribution is -2.23. The lowest BCUT2D eigenvalue weighted by atomic mass is 9.87. The predicted octanol–water partition coefficient (Wildman–Crippen LogP) is 4.28. The Morgan fingerprint density at radius 2 is 1.75 bits per heavy atom. The number of benzene rings is 2. The van der Waals surface area contributed by atoms with Crippen LogP contribution in [0.15, 0.2) is 59.8 Å². The van der Waals surface area contributed by atoms with Crippen molar-refractivity contribution in [3.63, 3.8) is 0 Å². The molecule has 2 aliphatic rings. The normalized spacial score (nSPS) is 19.5. The summed E-state index contributed by atoms with van der Waals surface area (Å²) in [6, 6.07) is 15.9. The van der Waals surface area contributed by atoms with Crippen molar-refractivity contribution in [2.75, 3.05) is 17.7 Å². The molecule has 0 radical (unpaired) electrons. The number of allylic oxidation sites excluding steroid dienone is 1. The summed E-state index contributed by atoms with van der Waals surface area (Å²) < 4.78 is 5.25. The predicted molar refractivity (Wildman–Crippen MR) is 95.3 cm³/mol. The molecule has 2 aromatic rings. The second-order valence-corrected chi connectivity index (χ2v) is 6.19. The Morgan fingerprint density at radius 1 is 1.00 bits per heavy atom. The fourth-order valence-corrected chi connectivity index (χ4v) is 3.48. The van der Waals surface area contributed by atoms with Crippen molar-refractivity contribution in [3.8, 4) is 5.75 Å². The third kappa shape index (κ3) is 2.54. The number of Topliss-reactive ketones (excluding diaryl/α,β-unsaturated/α-hetero) is 1. The van der Waals surface area contributed by atoms with Gasteiger partial charge in [0.05, 0.1) is 24.5 Å². The van der Waals surface area contributed by atoms with Gasteiger partial charge in [0, 0.05) is 17.7 Å². The van der Waals surface area contributed by atoms with Crippen molar-refractivity contribution in [1.82, 2.24) is 0 Å². The average molecular weight is 320 g/mol. The first-order valence-corrected chi connectivity index (χ1v) is 8.29. The molecule has 0 saturated heterocycles. The van der Waals surface area contributed by atoms with Gasteiger partial charge in [-0.15, -0.1) is 0 Å². The average Bonchev–Trinajstić information content (AvgIpc) is 2.79. The lowest BCUT2D eigenvalue weighted by molar-refractivity contribution is -0.116. The first-order chi connectivity index (χ1) is 11.8. The highest BCUT2D eigenvalue weighted by atomic mass is 16.5. The first kappa shape index (κ1) is 14.8. The van der Waals surface area contributed by atoms with Gasteiger partial charge in [-0.3, -0.25) is 4.79 Å². The van der Waals surface area contributed by atoms with Crippen LogP contribution in [0.25, 0.3) is 0 Å². The smallest absolute Gasteiger partial charge is 0.163 e. The highest BCUT2D eigenvalue weighted by molar-refractivity contribution is 6.00.